The standard InChI is InChI=1S/C94H80N2/c1-61-27-25-28-62(2)91(61)95(71-51-47-69(48-52-71)93(67-35-13-7-14-36-67)83-43-21-17-39-73(83)74-40-18-22-44-84(74)93)87-59-81(65-31-9-5-10-32-65)77-56-58-80-88(60-82(66-33-11-6-12-34-66)78-55-57-79(87)89(77)90(78)80)96(92-63(3)29-26-30-64(92)4)72-53-49-70(50-54-72)94(68-37-15-8-16-38-68)85-45-23-19-41-75(85)76-42-20-24-46-86(76)94/h7-8,13-30,35-60,65-66H,5-6,9-12,31-34H2,1-4H3. The normalized spacial score (nSPS) is 15.6. The maximum Gasteiger partial charge on any atom is 0.0713 e. The Morgan fingerprint density at radius 2 is 0.562 bits per heavy atom. The Morgan fingerprint density at radius 1 is 0.271 bits per heavy atom. The van der Waals surface area contributed by atoms with E-state index in [1.807, 2.05) is 0 Å². The summed E-state index contributed by atoms with van der Waals surface area (Å²) in [5.41, 5.74) is 30.0. The number of anilines is 6. The van der Waals surface area contributed by atoms with Crippen molar-refractivity contribution >= 4 is 66.4 Å². The van der Waals surface area contributed by atoms with Crippen LogP contribution in [0, 0.1) is 27.7 Å². The SMILES string of the molecule is Cc1cccc(C)c1N(c1ccc(C2(c3ccccc3)c3ccccc3-c3ccccc32)cc1)c1cc(C2CCCCC2)c2ccc3c(N(c4ccc(C5(c6ccccc6)c6ccccc6-c6ccccc65)cc4)c4c(C)cccc4C)cc(C4CCCCC4)c4ccc1c2c43. The quantitative estimate of drug-likeness (QED) is 0.113. The maximum absolute atomic E-state index is 2.68. The van der Waals surface area contributed by atoms with Crippen molar-refractivity contribution in [1.29, 1.82) is 0 Å². The Hall–Kier alpha value is -10.3. The van der Waals surface area contributed by atoms with Gasteiger partial charge in [-0.1, -0.05) is 281 Å². The third-order valence-corrected chi connectivity index (χ3v) is 23.3. The molecule has 0 aromatic heterocycles. The summed E-state index contributed by atoms with van der Waals surface area (Å²) in [5.74, 6) is 0.884. The summed E-state index contributed by atoms with van der Waals surface area (Å²) in [6, 6.07) is 108. The average Bonchev–Trinajstić information content (AvgIpc) is 1.22. The van der Waals surface area contributed by atoms with Gasteiger partial charge in [0, 0.05) is 22.1 Å². The average molecular weight is 1240 g/mol. The molecule has 0 bridgehead atoms. The van der Waals surface area contributed by atoms with Crippen molar-refractivity contribution in [2.75, 3.05) is 9.80 Å². The molecule has 96 heavy (non-hydrogen) atoms. The number of nitrogens with zero attached hydrogens (tertiary/aromatic N) is 2. The first-order valence-corrected chi connectivity index (χ1v) is 35.5. The van der Waals surface area contributed by atoms with Crippen molar-refractivity contribution < 1.29 is 0 Å². The van der Waals surface area contributed by atoms with Crippen LogP contribution < -0.4 is 9.80 Å². The molecule has 14 aromatic rings. The number of benzene rings is 14. The zero-order chi connectivity index (χ0) is 64.2. The van der Waals surface area contributed by atoms with E-state index >= 15 is 0 Å². The summed E-state index contributed by atoms with van der Waals surface area (Å²) in [6.45, 7) is 9.29. The number of para-hydroxylation sites is 2. The lowest BCUT2D eigenvalue weighted by atomic mass is 9.67. The monoisotopic (exact) mass is 1240 g/mol. The van der Waals surface area contributed by atoms with E-state index in [1.54, 1.807) is 0 Å². The molecule has 0 amide bonds. The predicted octanol–water partition coefficient (Wildman–Crippen LogP) is 25.6. The molecule has 2 nitrogen and oxygen atoms in total. The Kier molecular flexibility index (Phi) is 14.1. The highest BCUT2D eigenvalue weighted by atomic mass is 15.2. The second-order valence-electron chi connectivity index (χ2n) is 28.4. The summed E-state index contributed by atoms with van der Waals surface area (Å²) in [4.78, 5) is 5.35. The lowest BCUT2D eigenvalue weighted by Gasteiger charge is -2.36. The molecular formula is C94H80N2. The van der Waals surface area contributed by atoms with Gasteiger partial charge in [-0.3, -0.25) is 0 Å². The van der Waals surface area contributed by atoms with Crippen LogP contribution in [-0.2, 0) is 10.8 Å². The molecule has 0 atom stereocenters. The Balaban J connectivity index is 0.891. The van der Waals surface area contributed by atoms with E-state index in [0.29, 0.717) is 11.8 Å². The summed E-state index contributed by atoms with van der Waals surface area (Å²) in [6.07, 6.45) is 12.4. The van der Waals surface area contributed by atoms with Crippen LogP contribution in [0.25, 0.3) is 54.6 Å². The molecule has 4 aliphatic carbocycles. The molecule has 0 N–H and O–H groups in total. The molecule has 18 rings (SSSR count). The zero-order valence-corrected chi connectivity index (χ0v) is 55.7. The van der Waals surface area contributed by atoms with E-state index in [1.165, 1.54) is 219 Å². The Bertz CT molecular complexity index is 4830. The molecule has 0 aliphatic heterocycles. The van der Waals surface area contributed by atoms with Crippen molar-refractivity contribution in [3.8, 4) is 22.3 Å². The van der Waals surface area contributed by atoms with E-state index in [0.717, 1.165) is 11.4 Å². The highest BCUT2D eigenvalue weighted by Crippen LogP contribution is 2.60. The number of hydrogen-bond acceptors (Lipinski definition) is 2. The first-order chi connectivity index (χ1) is 47.3. The summed E-state index contributed by atoms with van der Waals surface area (Å²) in [7, 11) is 0. The van der Waals surface area contributed by atoms with Crippen LogP contribution in [0.1, 0.15) is 154 Å². The maximum atomic E-state index is 2.68. The summed E-state index contributed by atoms with van der Waals surface area (Å²) < 4.78 is 0. The highest BCUT2D eigenvalue weighted by molar-refractivity contribution is 6.29. The fourth-order valence-electron chi connectivity index (χ4n) is 19.1. The smallest absolute Gasteiger partial charge is 0.0713 e. The van der Waals surface area contributed by atoms with E-state index in [9.17, 15) is 0 Å². The predicted molar refractivity (Wildman–Crippen MR) is 405 cm³/mol. The van der Waals surface area contributed by atoms with Gasteiger partial charge in [0.2, 0.25) is 0 Å². The van der Waals surface area contributed by atoms with Crippen molar-refractivity contribution in [3.05, 3.63) is 357 Å². The zero-order valence-electron chi connectivity index (χ0n) is 55.7. The van der Waals surface area contributed by atoms with Crippen molar-refractivity contribution in [2.45, 2.75) is 115 Å². The van der Waals surface area contributed by atoms with Gasteiger partial charge in [-0.2, -0.15) is 0 Å². The van der Waals surface area contributed by atoms with Gasteiger partial charge in [-0.05, 0) is 223 Å². The largest absolute Gasteiger partial charge is 0.309 e. The van der Waals surface area contributed by atoms with Gasteiger partial charge in [0.05, 0.1) is 33.6 Å². The van der Waals surface area contributed by atoms with Crippen LogP contribution in [0.2, 0.25) is 0 Å². The molecular weight excluding hydrogens is 1160 g/mol. The molecule has 4 aliphatic rings. The van der Waals surface area contributed by atoms with Crippen molar-refractivity contribution in [2.24, 2.45) is 0 Å². The number of rotatable bonds is 12. The van der Waals surface area contributed by atoms with Crippen LogP contribution in [0.4, 0.5) is 34.1 Å². The summed E-state index contributed by atoms with van der Waals surface area (Å²) >= 11 is 0. The number of hydrogen-bond donors (Lipinski definition) is 0. The van der Waals surface area contributed by atoms with Gasteiger partial charge >= 0.3 is 0 Å². The molecule has 2 heteroatoms. The fraction of sp³-hybridized carbons (Fsp3) is 0.191. The highest BCUT2D eigenvalue weighted by Gasteiger charge is 2.48. The first-order valence-electron chi connectivity index (χ1n) is 35.5. The minimum absolute atomic E-state index is 0.442. The van der Waals surface area contributed by atoms with Gasteiger partial charge in [0.15, 0.2) is 0 Å². The van der Waals surface area contributed by atoms with Crippen molar-refractivity contribution in [1.82, 2.24) is 0 Å². The first kappa shape index (κ1) is 58.3. The van der Waals surface area contributed by atoms with Gasteiger partial charge in [0.1, 0.15) is 0 Å². The van der Waals surface area contributed by atoms with Gasteiger partial charge < -0.3 is 9.80 Å². The number of fused-ring (bicyclic) bond motifs is 6. The summed E-state index contributed by atoms with van der Waals surface area (Å²) in [5, 5.41) is 8.22. The minimum Gasteiger partial charge on any atom is -0.309 e. The molecule has 0 unspecified atom stereocenters. The van der Waals surface area contributed by atoms with Gasteiger partial charge in [0.25, 0.3) is 0 Å². The van der Waals surface area contributed by atoms with E-state index in [4.69, 9.17) is 0 Å². The van der Waals surface area contributed by atoms with Crippen LogP contribution in [0.15, 0.2) is 279 Å². The molecule has 2 fully saturated rings. The lowest BCUT2D eigenvalue weighted by molar-refractivity contribution is 0.445. The lowest BCUT2D eigenvalue weighted by Crippen LogP contribution is -2.28. The van der Waals surface area contributed by atoms with Crippen LogP contribution in [0.5, 0.6) is 0 Å². The van der Waals surface area contributed by atoms with E-state index < -0.39 is 10.8 Å². The minimum atomic E-state index is -0.503. The van der Waals surface area contributed by atoms with Gasteiger partial charge in [-0.25, -0.2) is 0 Å². The molecule has 2 saturated carbocycles. The second-order valence-corrected chi connectivity index (χ2v) is 28.4. The Morgan fingerprint density at radius 3 is 0.896 bits per heavy atom. The molecule has 0 radical (unpaired) electrons. The third-order valence-electron chi connectivity index (χ3n) is 23.3. The van der Waals surface area contributed by atoms with E-state index in [2.05, 4.69) is 317 Å². The molecule has 0 saturated heterocycles. The van der Waals surface area contributed by atoms with Crippen LogP contribution in [0.3, 0.4) is 0 Å². The van der Waals surface area contributed by atoms with Crippen molar-refractivity contribution in [3.63, 3.8) is 0 Å². The van der Waals surface area contributed by atoms with Crippen LogP contribution >= 0.6 is 0 Å². The molecule has 466 valence electrons. The molecule has 14 aromatic carbocycles. The Labute approximate surface area is 566 Å². The fourth-order valence-corrected chi connectivity index (χ4v) is 19.1. The molecule has 0 heterocycles. The topological polar surface area (TPSA) is 6.48 Å². The van der Waals surface area contributed by atoms with Crippen LogP contribution in [-0.4, -0.2) is 0 Å². The number of aryl methyl sites for hydroxylation is 4. The second kappa shape index (κ2) is 23.3. The third kappa shape index (κ3) is 8.76. The van der Waals surface area contributed by atoms with E-state index in [-0.39, 0.29) is 0 Å². The van der Waals surface area contributed by atoms with Gasteiger partial charge in [-0.15, -0.1) is 0 Å². The molecule has 0 spiro atoms.